The quantitative estimate of drug-likeness (QED) is 0.708. The van der Waals surface area contributed by atoms with Crippen LogP contribution in [0.4, 0.5) is 0 Å². The van der Waals surface area contributed by atoms with Crippen molar-refractivity contribution in [1.82, 2.24) is 5.32 Å². The van der Waals surface area contributed by atoms with Gasteiger partial charge in [0.25, 0.3) is 0 Å². The first kappa shape index (κ1) is 14.0. The maximum atomic E-state index is 10.5. The predicted molar refractivity (Wildman–Crippen MR) is 69.5 cm³/mol. The maximum absolute atomic E-state index is 10.5. The minimum Gasteiger partial charge on any atom is -0.390 e. The molecule has 0 radical (unpaired) electrons. The lowest BCUT2D eigenvalue weighted by Crippen LogP contribution is -2.41. The molecular weight excluding hydrogens is 198 g/mol. The molecule has 0 aromatic heterocycles. The molecule has 0 bridgehead atoms. The number of hydrogen-bond donors (Lipinski definition) is 2. The summed E-state index contributed by atoms with van der Waals surface area (Å²) in [5, 5.41) is 13.8. The van der Waals surface area contributed by atoms with Gasteiger partial charge in [-0.2, -0.15) is 0 Å². The minimum absolute atomic E-state index is 0.476. The van der Waals surface area contributed by atoms with Crippen LogP contribution in [-0.4, -0.2) is 23.8 Å². The molecule has 0 aromatic carbocycles. The monoisotopic (exact) mass is 227 g/mol. The molecule has 1 aliphatic carbocycles. The Morgan fingerprint density at radius 2 is 1.94 bits per heavy atom. The molecule has 0 amide bonds. The second-order valence-corrected chi connectivity index (χ2v) is 5.93. The van der Waals surface area contributed by atoms with Crippen LogP contribution in [0.5, 0.6) is 0 Å². The highest BCUT2D eigenvalue weighted by atomic mass is 16.3. The van der Waals surface area contributed by atoms with E-state index in [0.29, 0.717) is 5.92 Å². The molecular formula is C14H29NO. The maximum Gasteiger partial charge on any atom is 0.0660 e. The number of nitrogens with one attached hydrogen (secondary N) is 1. The highest BCUT2D eigenvalue weighted by Gasteiger charge is 2.36. The third-order valence-electron chi connectivity index (χ3n) is 4.54. The molecule has 96 valence electrons. The summed E-state index contributed by atoms with van der Waals surface area (Å²) in [7, 11) is 0. The summed E-state index contributed by atoms with van der Waals surface area (Å²) >= 11 is 0. The van der Waals surface area contributed by atoms with E-state index in [1.807, 2.05) is 6.92 Å². The molecule has 1 fully saturated rings. The van der Waals surface area contributed by atoms with Gasteiger partial charge in [0.05, 0.1) is 5.60 Å². The molecule has 16 heavy (non-hydrogen) atoms. The van der Waals surface area contributed by atoms with E-state index in [9.17, 15) is 5.11 Å². The molecule has 0 aromatic rings. The van der Waals surface area contributed by atoms with Crippen LogP contribution >= 0.6 is 0 Å². The van der Waals surface area contributed by atoms with Crippen molar-refractivity contribution in [3.05, 3.63) is 0 Å². The van der Waals surface area contributed by atoms with E-state index in [1.165, 1.54) is 19.3 Å². The lowest BCUT2D eigenvalue weighted by Gasteiger charge is -2.40. The molecule has 2 N–H and O–H groups in total. The van der Waals surface area contributed by atoms with Crippen LogP contribution < -0.4 is 5.32 Å². The van der Waals surface area contributed by atoms with Gasteiger partial charge >= 0.3 is 0 Å². The van der Waals surface area contributed by atoms with Gasteiger partial charge in [0.2, 0.25) is 0 Å². The Hall–Kier alpha value is -0.0800. The summed E-state index contributed by atoms with van der Waals surface area (Å²) < 4.78 is 0. The molecule has 2 heteroatoms. The fourth-order valence-electron chi connectivity index (χ4n) is 2.83. The largest absolute Gasteiger partial charge is 0.390 e. The first-order chi connectivity index (χ1) is 7.47. The van der Waals surface area contributed by atoms with Gasteiger partial charge in [-0.3, -0.25) is 0 Å². The van der Waals surface area contributed by atoms with Gasteiger partial charge in [0.15, 0.2) is 0 Å². The highest BCUT2D eigenvalue weighted by molar-refractivity contribution is 4.88. The summed E-state index contributed by atoms with van der Waals surface area (Å²) in [4.78, 5) is 0. The summed E-state index contributed by atoms with van der Waals surface area (Å²) in [5.74, 6) is 2.10. The molecule has 1 saturated carbocycles. The van der Waals surface area contributed by atoms with E-state index in [1.54, 1.807) is 0 Å². The van der Waals surface area contributed by atoms with E-state index in [-0.39, 0.29) is 0 Å². The van der Waals surface area contributed by atoms with Crippen LogP contribution in [0.15, 0.2) is 0 Å². The molecule has 4 atom stereocenters. The van der Waals surface area contributed by atoms with Crippen molar-refractivity contribution in [2.24, 2.45) is 17.8 Å². The molecule has 0 saturated heterocycles. The molecule has 1 rings (SSSR count). The van der Waals surface area contributed by atoms with E-state index in [2.05, 4.69) is 26.1 Å². The molecule has 2 nitrogen and oxygen atoms in total. The fraction of sp³-hybridized carbons (Fsp3) is 1.00. The van der Waals surface area contributed by atoms with Crippen molar-refractivity contribution in [2.45, 2.75) is 59.0 Å². The van der Waals surface area contributed by atoms with Gasteiger partial charge < -0.3 is 10.4 Å². The van der Waals surface area contributed by atoms with Gasteiger partial charge in [-0.25, -0.2) is 0 Å². The van der Waals surface area contributed by atoms with Crippen LogP contribution in [0.2, 0.25) is 0 Å². The van der Waals surface area contributed by atoms with E-state index in [4.69, 9.17) is 0 Å². The van der Waals surface area contributed by atoms with Crippen LogP contribution in [0.1, 0.15) is 53.4 Å². The van der Waals surface area contributed by atoms with E-state index >= 15 is 0 Å². The Kier molecular flexibility index (Phi) is 5.26. The Morgan fingerprint density at radius 1 is 1.25 bits per heavy atom. The van der Waals surface area contributed by atoms with Gasteiger partial charge in [-0.05, 0) is 57.0 Å². The summed E-state index contributed by atoms with van der Waals surface area (Å²) in [6.45, 7) is 10.7. The van der Waals surface area contributed by atoms with Gasteiger partial charge in [0, 0.05) is 0 Å². The zero-order valence-electron chi connectivity index (χ0n) is 11.4. The van der Waals surface area contributed by atoms with Crippen LogP contribution in [-0.2, 0) is 0 Å². The topological polar surface area (TPSA) is 32.3 Å². The fourth-order valence-corrected chi connectivity index (χ4v) is 2.83. The smallest absolute Gasteiger partial charge is 0.0660 e. The third kappa shape index (κ3) is 3.74. The average Bonchev–Trinajstić information content (AvgIpc) is 2.22. The zero-order chi connectivity index (χ0) is 12.2. The third-order valence-corrected chi connectivity index (χ3v) is 4.54. The first-order valence-corrected chi connectivity index (χ1v) is 6.90. The van der Waals surface area contributed by atoms with E-state index < -0.39 is 5.60 Å². The summed E-state index contributed by atoms with van der Waals surface area (Å²) in [6.07, 6.45) is 4.56. The molecule has 0 aliphatic heterocycles. The van der Waals surface area contributed by atoms with Gasteiger partial charge in [0.1, 0.15) is 0 Å². The van der Waals surface area contributed by atoms with E-state index in [0.717, 1.165) is 31.3 Å². The highest BCUT2D eigenvalue weighted by Crippen LogP contribution is 2.39. The Labute approximate surface area is 101 Å². The molecule has 1 aliphatic rings. The number of rotatable bonds is 5. The van der Waals surface area contributed by atoms with Crippen LogP contribution in [0.3, 0.4) is 0 Å². The van der Waals surface area contributed by atoms with Gasteiger partial charge in [-0.15, -0.1) is 0 Å². The van der Waals surface area contributed by atoms with Crippen molar-refractivity contribution in [3.63, 3.8) is 0 Å². The van der Waals surface area contributed by atoms with Crippen molar-refractivity contribution >= 4 is 0 Å². The van der Waals surface area contributed by atoms with Crippen molar-refractivity contribution in [3.8, 4) is 0 Å². The average molecular weight is 227 g/mol. The predicted octanol–water partition coefficient (Wildman–Crippen LogP) is 2.81. The van der Waals surface area contributed by atoms with Crippen molar-refractivity contribution in [2.75, 3.05) is 13.1 Å². The number of hydrogen-bond acceptors (Lipinski definition) is 2. The molecule has 4 unspecified atom stereocenters. The van der Waals surface area contributed by atoms with Crippen LogP contribution in [0, 0.1) is 17.8 Å². The lowest BCUT2D eigenvalue weighted by molar-refractivity contribution is -0.0376. The summed E-state index contributed by atoms with van der Waals surface area (Å²) in [5.41, 5.74) is -0.476. The standard InChI is InChI=1S/C14H29NO/c1-5-15-9-8-14(4,16)13-7-6-11(2)12(3)10-13/h11-13,15-16H,5-10H2,1-4H3. The Balaban J connectivity index is 2.42. The van der Waals surface area contributed by atoms with Gasteiger partial charge in [-0.1, -0.05) is 27.2 Å². The molecule has 0 spiro atoms. The lowest BCUT2D eigenvalue weighted by atomic mass is 9.69. The molecule has 0 heterocycles. The van der Waals surface area contributed by atoms with Crippen LogP contribution in [0.25, 0.3) is 0 Å². The number of aliphatic hydroxyl groups is 1. The van der Waals surface area contributed by atoms with Crippen molar-refractivity contribution < 1.29 is 5.11 Å². The summed E-state index contributed by atoms with van der Waals surface area (Å²) in [6, 6.07) is 0. The zero-order valence-corrected chi connectivity index (χ0v) is 11.4. The van der Waals surface area contributed by atoms with Crippen molar-refractivity contribution in [1.29, 1.82) is 0 Å². The first-order valence-electron chi connectivity index (χ1n) is 6.90. The normalized spacial score (nSPS) is 34.7. The SMILES string of the molecule is CCNCCC(C)(O)C1CCC(C)C(C)C1. The minimum atomic E-state index is -0.476. The Morgan fingerprint density at radius 3 is 2.50 bits per heavy atom. The second-order valence-electron chi connectivity index (χ2n) is 5.93. The Bertz CT molecular complexity index is 203. The second kappa shape index (κ2) is 6.02.